The first-order chi connectivity index (χ1) is 34.0. The first-order valence-corrected chi connectivity index (χ1v) is 24.7. The number of urea groups is 1. The van der Waals surface area contributed by atoms with Crippen molar-refractivity contribution in [1.82, 2.24) is 29.4 Å². The topological polar surface area (TPSA) is 188 Å². The monoisotopic (exact) mass is 980 g/mol. The number of esters is 2. The minimum Gasteiger partial charge on any atom is -0.488 e. The molecular weight excluding hydrogens is 911 g/mol. The van der Waals surface area contributed by atoms with Crippen molar-refractivity contribution >= 4 is 47.5 Å². The Kier molecular flexibility index (Phi) is 17.2. The van der Waals surface area contributed by atoms with E-state index in [0.29, 0.717) is 71.4 Å². The Labute approximate surface area is 416 Å². The number of para-hydroxylation sites is 1. The van der Waals surface area contributed by atoms with E-state index in [2.05, 4.69) is 5.32 Å². The summed E-state index contributed by atoms with van der Waals surface area (Å²) in [7, 11) is 6.31. The van der Waals surface area contributed by atoms with E-state index < -0.39 is 48.1 Å². The van der Waals surface area contributed by atoms with Crippen LogP contribution in [-0.4, -0.2) is 176 Å². The number of rotatable bonds is 15. The van der Waals surface area contributed by atoms with Gasteiger partial charge >= 0.3 is 24.1 Å². The number of likely N-dealkylation sites (tertiary alicyclic amines) is 3. The summed E-state index contributed by atoms with van der Waals surface area (Å²) < 4.78 is 23.5. The molecule has 0 spiro atoms. The number of ether oxygens (including phenoxy) is 4. The molecule has 4 heterocycles. The molecule has 7 rings (SSSR count). The van der Waals surface area contributed by atoms with E-state index in [1.54, 1.807) is 38.0 Å². The van der Waals surface area contributed by atoms with Crippen LogP contribution in [0, 0.1) is 19.8 Å². The lowest BCUT2D eigenvalue weighted by atomic mass is 9.82. The highest BCUT2D eigenvalue weighted by Crippen LogP contribution is 2.36. The number of piperidine rings is 3. The molecule has 0 unspecified atom stereocenters. The third-order valence-electron chi connectivity index (χ3n) is 14.4. The van der Waals surface area contributed by atoms with Gasteiger partial charge in [0.25, 0.3) is 17.7 Å². The smallest absolute Gasteiger partial charge is 0.410 e. The van der Waals surface area contributed by atoms with Crippen LogP contribution >= 0.6 is 0 Å². The van der Waals surface area contributed by atoms with Crippen molar-refractivity contribution in [2.24, 2.45) is 5.92 Å². The molecule has 0 bridgehead atoms. The van der Waals surface area contributed by atoms with Crippen molar-refractivity contribution in [3.05, 3.63) is 94.5 Å². The number of fused-ring (bicyclic) bond motifs is 1. The van der Waals surface area contributed by atoms with Gasteiger partial charge in [-0.05, 0) is 92.7 Å². The minimum absolute atomic E-state index is 0.0796. The Hall–Kier alpha value is -6.69. The predicted molar refractivity (Wildman–Crippen MR) is 263 cm³/mol. The molecule has 1 N–H and O–H groups in total. The molecule has 0 aromatic heterocycles. The second-order valence-electron chi connectivity index (χ2n) is 19.5. The lowest BCUT2D eigenvalue weighted by Gasteiger charge is -2.49. The van der Waals surface area contributed by atoms with Crippen LogP contribution in [0.5, 0.6) is 5.75 Å². The highest BCUT2D eigenvalue weighted by molar-refractivity contribution is 5.91. The quantitative estimate of drug-likeness (QED) is 0.162. The van der Waals surface area contributed by atoms with Crippen molar-refractivity contribution < 1.29 is 52.5 Å². The predicted octanol–water partition coefficient (Wildman–Crippen LogP) is 4.82. The van der Waals surface area contributed by atoms with Crippen LogP contribution in [0.15, 0.2) is 66.7 Å². The number of carbonyl (C=O) groups is 7. The van der Waals surface area contributed by atoms with Gasteiger partial charge in [-0.15, -0.1) is 0 Å². The van der Waals surface area contributed by atoms with Crippen molar-refractivity contribution in [3.63, 3.8) is 0 Å². The van der Waals surface area contributed by atoms with Gasteiger partial charge < -0.3 is 48.8 Å². The van der Waals surface area contributed by atoms with Gasteiger partial charge in [-0.1, -0.05) is 60.7 Å². The summed E-state index contributed by atoms with van der Waals surface area (Å²) in [5.74, 6) is -1.94. The van der Waals surface area contributed by atoms with Crippen LogP contribution in [0.4, 0.5) is 15.3 Å². The largest absolute Gasteiger partial charge is 0.488 e. The summed E-state index contributed by atoms with van der Waals surface area (Å²) in [6, 6.07) is 21.3. The van der Waals surface area contributed by atoms with Crippen molar-refractivity contribution in [1.29, 1.82) is 0 Å². The minimum atomic E-state index is -1.22. The normalized spacial score (nSPS) is 18.0. The van der Waals surface area contributed by atoms with Crippen LogP contribution in [-0.2, 0) is 57.6 Å². The number of benzene rings is 3. The fraction of sp³-hybridized carbons (Fsp3) is 0.528. The summed E-state index contributed by atoms with van der Waals surface area (Å²) in [6.45, 7) is 5.59. The standard InChI is InChI=1S/C53H69N7O11/c1-36-30-39(31-37(2)47(36)68-33-38-12-8-7-9-13-38)32-44(71-52(67)58-23-19-42(20-24-58)60-27-18-40-14-10-11-15-43(40)54-51(60)66)48(63)57-28-21-53(22-29-57,50(65)70-35-46(62)56(5)6)59-25-16-41(17-26-59)49(64)69-34-45(61)55(3)4/h7-15,30-31,41-42,44H,16-29,32-35H2,1-6H3,(H,54,66)/t44-/m1/s1. The van der Waals surface area contributed by atoms with E-state index in [1.165, 1.54) is 9.80 Å². The Morgan fingerprint density at radius 2 is 1.32 bits per heavy atom. The molecule has 71 heavy (non-hydrogen) atoms. The van der Waals surface area contributed by atoms with Crippen LogP contribution in [0.3, 0.4) is 0 Å². The highest BCUT2D eigenvalue weighted by atomic mass is 16.6. The molecule has 3 aromatic carbocycles. The Morgan fingerprint density at radius 1 is 0.718 bits per heavy atom. The summed E-state index contributed by atoms with van der Waals surface area (Å²) in [6.07, 6.45) is 1.09. The SMILES string of the molecule is Cc1cc(C[C@@H](OC(=O)N2CCC(N3CCc4ccccc4NC3=O)CC2)C(=O)N2CCC(C(=O)OCC(=O)N(C)C)(N3CCC(C(=O)OCC(=O)N(C)C)CC3)CC2)cc(C)c1OCc1ccccc1. The molecule has 4 aliphatic heterocycles. The molecule has 0 saturated carbocycles. The molecule has 3 saturated heterocycles. The molecular formula is C53H69N7O11. The molecule has 0 aliphatic carbocycles. The molecule has 0 radical (unpaired) electrons. The number of hydrogen-bond acceptors (Lipinski definition) is 12. The number of aryl methyl sites for hydroxylation is 2. The van der Waals surface area contributed by atoms with Gasteiger partial charge in [-0.3, -0.25) is 28.9 Å². The maximum Gasteiger partial charge on any atom is 0.410 e. The zero-order chi connectivity index (χ0) is 50.8. The van der Waals surface area contributed by atoms with Gasteiger partial charge in [0.05, 0.1) is 5.92 Å². The number of carbonyl (C=O) groups excluding carboxylic acids is 7. The van der Waals surface area contributed by atoms with E-state index in [4.69, 9.17) is 18.9 Å². The second kappa shape index (κ2) is 23.5. The van der Waals surface area contributed by atoms with E-state index in [-0.39, 0.29) is 62.8 Å². The summed E-state index contributed by atoms with van der Waals surface area (Å²) in [5.41, 5.74) is 4.20. The number of nitrogens with zero attached hydrogens (tertiary/aromatic N) is 6. The van der Waals surface area contributed by atoms with Gasteiger partial charge in [-0.2, -0.15) is 0 Å². The molecule has 382 valence electrons. The first-order valence-electron chi connectivity index (χ1n) is 24.7. The van der Waals surface area contributed by atoms with Gasteiger partial charge in [0.2, 0.25) is 0 Å². The maximum atomic E-state index is 14.9. The zero-order valence-corrected chi connectivity index (χ0v) is 42.0. The molecule has 18 nitrogen and oxygen atoms in total. The number of nitrogens with one attached hydrogen (secondary N) is 1. The van der Waals surface area contributed by atoms with Crippen LogP contribution < -0.4 is 10.1 Å². The molecule has 3 aromatic rings. The fourth-order valence-electron chi connectivity index (χ4n) is 10.1. The van der Waals surface area contributed by atoms with Crippen LogP contribution in [0.25, 0.3) is 0 Å². The van der Waals surface area contributed by atoms with Gasteiger partial charge in [-0.25, -0.2) is 9.59 Å². The Balaban J connectivity index is 1.06. The summed E-state index contributed by atoms with van der Waals surface area (Å²) >= 11 is 0. The molecule has 4 aliphatic rings. The second-order valence-corrected chi connectivity index (χ2v) is 19.5. The molecule has 6 amide bonds. The number of anilines is 1. The summed E-state index contributed by atoms with van der Waals surface area (Å²) in [5, 5.41) is 3.04. The third-order valence-corrected chi connectivity index (χ3v) is 14.4. The van der Waals surface area contributed by atoms with Gasteiger partial charge in [0.15, 0.2) is 19.3 Å². The molecule has 3 fully saturated rings. The first kappa shape index (κ1) is 52.1. The van der Waals surface area contributed by atoms with Gasteiger partial charge in [0, 0.05) is 92.2 Å². The lowest BCUT2D eigenvalue weighted by molar-refractivity contribution is -0.170. The molecule has 1 atom stereocenters. The maximum absolute atomic E-state index is 14.9. The third kappa shape index (κ3) is 12.8. The fourth-order valence-corrected chi connectivity index (χ4v) is 10.1. The van der Waals surface area contributed by atoms with Gasteiger partial charge in [0.1, 0.15) is 17.9 Å². The number of likely N-dealkylation sites (N-methyl/N-ethyl adjacent to an activating group) is 2. The van der Waals surface area contributed by atoms with Crippen molar-refractivity contribution in [3.8, 4) is 5.75 Å². The lowest BCUT2D eigenvalue weighted by Crippen LogP contribution is -2.63. The van der Waals surface area contributed by atoms with Crippen LogP contribution in [0.2, 0.25) is 0 Å². The number of amides is 6. The average Bonchev–Trinajstić information content (AvgIpc) is 3.54. The van der Waals surface area contributed by atoms with Crippen molar-refractivity contribution in [2.75, 3.05) is 92.5 Å². The van der Waals surface area contributed by atoms with E-state index in [1.807, 2.05) is 90.4 Å². The van der Waals surface area contributed by atoms with E-state index in [0.717, 1.165) is 39.3 Å². The Morgan fingerprint density at radius 3 is 1.96 bits per heavy atom. The van der Waals surface area contributed by atoms with E-state index in [9.17, 15) is 33.6 Å². The molecule has 18 heteroatoms. The Bertz CT molecular complexity index is 2380. The average molecular weight is 980 g/mol. The highest BCUT2D eigenvalue weighted by Gasteiger charge is 2.50. The zero-order valence-electron chi connectivity index (χ0n) is 42.0. The van der Waals surface area contributed by atoms with E-state index >= 15 is 0 Å². The van der Waals surface area contributed by atoms with Crippen LogP contribution in [0.1, 0.15) is 66.3 Å². The number of hydrogen-bond donors (Lipinski definition) is 1. The van der Waals surface area contributed by atoms with Crippen molar-refractivity contribution in [2.45, 2.75) is 89.5 Å². The summed E-state index contributed by atoms with van der Waals surface area (Å²) in [4.78, 5) is 104.